The predicted octanol–water partition coefficient (Wildman–Crippen LogP) is 1.16. The molecule has 124 valence electrons. The molecule has 1 saturated heterocycles. The number of nitro groups is 1. The molecule has 0 aliphatic carbocycles. The third kappa shape index (κ3) is 4.75. The summed E-state index contributed by atoms with van der Waals surface area (Å²) in [7, 11) is 1.70. The number of esters is 1. The Kier molecular flexibility index (Phi) is 5.64. The standard InChI is InChI=1S/C15H20N4O4/c1-18(9-12-6-7-17-8-12)14(16)15(20)23-10-11-2-4-13(5-3-11)19(21)22/h2-5,12,16-17H,6-10H2,1H3/t12-/m0/s1. The molecule has 0 bridgehead atoms. The molecule has 1 atom stereocenters. The summed E-state index contributed by atoms with van der Waals surface area (Å²) < 4.78 is 5.09. The lowest BCUT2D eigenvalue weighted by Crippen LogP contribution is -2.37. The zero-order valence-electron chi connectivity index (χ0n) is 12.9. The Bertz CT molecular complexity index is 582. The van der Waals surface area contributed by atoms with Gasteiger partial charge in [-0.3, -0.25) is 15.5 Å². The molecule has 1 fully saturated rings. The van der Waals surface area contributed by atoms with Crippen LogP contribution in [-0.4, -0.2) is 48.3 Å². The molecule has 1 heterocycles. The van der Waals surface area contributed by atoms with Crippen molar-refractivity contribution in [3.05, 3.63) is 39.9 Å². The number of hydrogen-bond donors (Lipinski definition) is 2. The van der Waals surface area contributed by atoms with Gasteiger partial charge in [-0.05, 0) is 43.1 Å². The SMILES string of the molecule is CN(C[C@H]1CCNC1)C(=N)C(=O)OCc1ccc([N+](=O)[O-])cc1. The molecule has 0 saturated carbocycles. The van der Waals surface area contributed by atoms with E-state index in [1.807, 2.05) is 0 Å². The zero-order valence-corrected chi connectivity index (χ0v) is 12.9. The lowest BCUT2D eigenvalue weighted by molar-refractivity contribution is -0.384. The Labute approximate surface area is 134 Å². The predicted molar refractivity (Wildman–Crippen MR) is 84.2 cm³/mol. The highest BCUT2D eigenvalue weighted by molar-refractivity contribution is 6.33. The van der Waals surface area contributed by atoms with Crippen LogP contribution in [0.5, 0.6) is 0 Å². The van der Waals surface area contributed by atoms with Crippen molar-refractivity contribution in [3.63, 3.8) is 0 Å². The van der Waals surface area contributed by atoms with Crippen molar-refractivity contribution in [1.29, 1.82) is 5.41 Å². The molecule has 2 rings (SSSR count). The molecule has 0 aromatic heterocycles. The van der Waals surface area contributed by atoms with Crippen molar-refractivity contribution in [1.82, 2.24) is 10.2 Å². The number of hydrogen-bond acceptors (Lipinski definition) is 6. The number of nitro benzene ring substituents is 1. The van der Waals surface area contributed by atoms with E-state index in [4.69, 9.17) is 10.1 Å². The zero-order chi connectivity index (χ0) is 16.8. The molecule has 1 aromatic carbocycles. The number of carbonyl (C=O) groups is 1. The maximum absolute atomic E-state index is 11.9. The lowest BCUT2D eigenvalue weighted by atomic mass is 10.1. The van der Waals surface area contributed by atoms with Crippen LogP contribution in [-0.2, 0) is 16.1 Å². The first-order valence-electron chi connectivity index (χ1n) is 7.38. The molecule has 0 spiro atoms. The minimum absolute atomic E-state index is 0.0158. The number of likely N-dealkylation sites (N-methyl/N-ethyl adjacent to an activating group) is 1. The van der Waals surface area contributed by atoms with Gasteiger partial charge in [0, 0.05) is 25.7 Å². The van der Waals surface area contributed by atoms with Gasteiger partial charge >= 0.3 is 5.97 Å². The number of carbonyl (C=O) groups excluding carboxylic acids is 1. The van der Waals surface area contributed by atoms with E-state index < -0.39 is 10.9 Å². The van der Waals surface area contributed by atoms with Gasteiger partial charge in [0.1, 0.15) is 6.61 Å². The van der Waals surface area contributed by atoms with E-state index in [2.05, 4.69) is 5.32 Å². The van der Waals surface area contributed by atoms with Crippen molar-refractivity contribution >= 4 is 17.5 Å². The molecule has 0 amide bonds. The largest absolute Gasteiger partial charge is 0.455 e. The van der Waals surface area contributed by atoms with Crippen LogP contribution in [0.25, 0.3) is 0 Å². The fraction of sp³-hybridized carbons (Fsp3) is 0.467. The Hall–Kier alpha value is -2.48. The first-order valence-corrected chi connectivity index (χ1v) is 7.38. The highest BCUT2D eigenvalue weighted by atomic mass is 16.6. The summed E-state index contributed by atoms with van der Waals surface area (Å²) in [6.45, 7) is 2.49. The van der Waals surface area contributed by atoms with Gasteiger partial charge in [-0.2, -0.15) is 0 Å². The van der Waals surface area contributed by atoms with Crippen LogP contribution in [0.1, 0.15) is 12.0 Å². The third-order valence-electron chi connectivity index (χ3n) is 3.79. The summed E-state index contributed by atoms with van der Waals surface area (Å²) >= 11 is 0. The fourth-order valence-corrected chi connectivity index (χ4v) is 2.44. The second kappa shape index (κ2) is 7.68. The molecule has 23 heavy (non-hydrogen) atoms. The van der Waals surface area contributed by atoms with E-state index in [1.54, 1.807) is 11.9 Å². The highest BCUT2D eigenvalue weighted by Crippen LogP contribution is 2.13. The molecular formula is C15H20N4O4. The Morgan fingerprint density at radius 3 is 2.74 bits per heavy atom. The van der Waals surface area contributed by atoms with Gasteiger partial charge in [-0.15, -0.1) is 0 Å². The van der Waals surface area contributed by atoms with Crippen LogP contribution < -0.4 is 5.32 Å². The normalized spacial score (nSPS) is 16.8. The smallest absolute Gasteiger partial charge is 0.373 e. The minimum Gasteiger partial charge on any atom is -0.455 e. The van der Waals surface area contributed by atoms with E-state index in [1.165, 1.54) is 24.3 Å². The summed E-state index contributed by atoms with van der Waals surface area (Å²) in [5, 5.41) is 21.7. The van der Waals surface area contributed by atoms with Crippen LogP contribution >= 0.6 is 0 Å². The van der Waals surface area contributed by atoms with Crippen LogP contribution in [0, 0.1) is 21.4 Å². The molecule has 2 N–H and O–H groups in total. The maximum atomic E-state index is 11.9. The first kappa shape index (κ1) is 16.9. The topological polar surface area (TPSA) is 109 Å². The number of nitrogens with one attached hydrogen (secondary N) is 2. The van der Waals surface area contributed by atoms with Crippen molar-refractivity contribution in [2.24, 2.45) is 5.92 Å². The highest BCUT2D eigenvalue weighted by Gasteiger charge is 2.21. The molecule has 1 aliphatic heterocycles. The summed E-state index contributed by atoms with van der Waals surface area (Å²) in [4.78, 5) is 23.6. The van der Waals surface area contributed by atoms with Gasteiger partial charge in [0.15, 0.2) is 0 Å². The summed E-state index contributed by atoms with van der Waals surface area (Å²) in [5.41, 5.74) is 0.622. The van der Waals surface area contributed by atoms with Crippen LogP contribution in [0.4, 0.5) is 5.69 Å². The monoisotopic (exact) mass is 320 g/mol. The van der Waals surface area contributed by atoms with Crippen molar-refractivity contribution in [2.45, 2.75) is 13.0 Å². The molecule has 8 nitrogen and oxygen atoms in total. The third-order valence-corrected chi connectivity index (χ3v) is 3.79. The molecule has 0 radical (unpaired) electrons. The van der Waals surface area contributed by atoms with Gasteiger partial charge < -0.3 is 15.0 Å². The number of ether oxygens (including phenoxy) is 1. The minimum atomic E-state index is -0.697. The average molecular weight is 320 g/mol. The number of rotatable bonds is 5. The van der Waals surface area contributed by atoms with E-state index in [0.717, 1.165) is 19.5 Å². The second-order valence-electron chi connectivity index (χ2n) is 5.59. The number of benzene rings is 1. The molecule has 0 unspecified atom stereocenters. The number of amidine groups is 1. The van der Waals surface area contributed by atoms with Crippen molar-refractivity contribution in [2.75, 3.05) is 26.7 Å². The molecular weight excluding hydrogens is 300 g/mol. The Morgan fingerprint density at radius 2 is 2.17 bits per heavy atom. The summed E-state index contributed by atoms with van der Waals surface area (Å²) in [6, 6.07) is 5.77. The van der Waals surface area contributed by atoms with Crippen molar-refractivity contribution < 1.29 is 14.5 Å². The molecule has 1 aliphatic rings. The average Bonchev–Trinajstić information content (AvgIpc) is 3.05. The Morgan fingerprint density at radius 1 is 1.48 bits per heavy atom. The van der Waals surface area contributed by atoms with Gasteiger partial charge in [0.05, 0.1) is 4.92 Å². The van der Waals surface area contributed by atoms with Crippen LogP contribution in [0.2, 0.25) is 0 Å². The molecule has 1 aromatic rings. The van der Waals surface area contributed by atoms with Gasteiger partial charge in [-0.1, -0.05) is 0 Å². The van der Waals surface area contributed by atoms with E-state index >= 15 is 0 Å². The summed E-state index contributed by atoms with van der Waals surface area (Å²) in [5.74, 6) is -0.446. The van der Waals surface area contributed by atoms with E-state index in [9.17, 15) is 14.9 Å². The van der Waals surface area contributed by atoms with Crippen LogP contribution in [0.3, 0.4) is 0 Å². The van der Waals surface area contributed by atoms with Crippen LogP contribution in [0.15, 0.2) is 24.3 Å². The molecule has 8 heteroatoms. The van der Waals surface area contributed by atoms with Gasteiger partial charge in [0.25, 0.3) is 5.69 Å². The van der Waals surface area contributed by atoms with Crippen molar-refractivity contribution in [3.8, 4) is 0 Å². The fourth-order valence-electron chi connectivity index (χ4n) is 2.44. The maximum Gasteiger partial charge on any atom is 0.373 e. The lowest BCUT2D eigenvalue weighted by Gasteiger charge is -2.21. The van der Waals surface area contributed by atoms with Gasteiger partial charge in [-0.25, -0.2) is 4.79 Å². The second-order valence-corrected chi connectivity index (χ2v) is 5.59. The van der Waals surface area contributed by atoms with E-state index in [0.29, 0.717) is 18.0 Å². The first-order chi connectivity index (χ1) is 11.0. The quantitative estimate of drug-likeness (QED) is 0.277. The summed E-state index contributed by atoms with van der Waals surface area (Å²) in [6.07, 6.45) is 1.04. The van der Waals surface area contributed by atoms with Gasteiger partial charge in [0.2, 0.25) is 5.84 Å². The Balaban J connectivity index is 1.80. The number of nitrogens with zero attached hydrogens (tertiary/aromatic N) is 2. The number of non-ortho nitro benzene ring substituents is 1. The van der Waals surface area contributed by atoms with E-state index in [-0.39, 0.29) is 18.1 Å².